The molecule has 9 aromatic rings. The quantitative estimate of drug-likeness (QED) is 0.187. The van der Waals surface area contributed by atoms with Crippen molar-refractivity contribution < 1.29 is 0 Å². The number of nitrogens with zero attached hydrogens (tertiary/aromatic N) is 4. The molecule has 0 fully saturated rings. The summed E-state index contributed by atoms with van der Waals surface area (Å²) < 4.78 is 10.3. The van der Waals surface area contributed by atoms with Crippen LogP contribution in [0, 0.1) is 0 Å². The Hall–Kier alpha value is -5.26. The van der Waals surface area contributed by atoms with Crippen LogP contribution in [0.1, 0.15) is 0 Å². The van der Waals surface area contributed by atoms with E-state index >= 15 is 0 Å². The fraction of sp³-hybridized carbons (Fsp3) is 0. The zero-order valence-corrected chi connectivity index (χ0v) is 24.7. The van der Waals surface area contributed by atoms with Gasteiger partial charge in [-0.05, 0) is 92.1 Å². The first kappa shape index (κ1) is 24.3. The van der Waals surface area contributed by atoms with E-state index in [1.807, 2.05) is 0 Å². The smallest absolute Gasteiger partial charge is 0.0975 e. The van der Waals surface area contributed by atoms with Crippen LogP contribution in [-0.4, -0.2) is 18.3 Å². The molecule has 0 aliphatic heterocycles. The maximum Gasteiger partial charge on any atom is 0.0975 e. The van der Waals surface area contributed by atoms with E-state index in [1.165, 1.54) is 21.5 Å². The van der Waals surface area contributed by atoms with Crippen molar-refractivity contribution >= 4 is 59.5 Å². The van der Waals surface area contributed by atoms with Gasteiger partial charge < -0.3 is 18.3 Å². The molecule has 4 nitrogen and oxygen atoms in total. The van der Waals surface area contributed by atoms with Crippen LogP contribution in [0.15, 0.2) is 157 Å². The highest BCUT2D eigenvalue weighted by molar-refractivity contribution is 9.10. The average Bonchev–Trinajstić information content (AvgIpc) is 3.85. The lowest BCUT2D eigenvalue weighted by atomic mass is 10.1. The monoisotopic (exact) mass is 616 g/mol. The summed E-state index contributed by atoms with van der Waals surface area (Å²) in [5.74, 6) is 0. The summed E-state index contributed by atoms with van der Waals surface area (Å²) in [6.07, 6.45) is 8.77. The topological polar surface area (TPSA) is 19.7 Å². The molecule has 0 aliphatic rings. The molecule has 0 N–H and O–H groups in total. The van der Waals surface area contributed by atoms with Crippen LogP contribution in [0.5, 0.6) is 0 Å². The maximum atomic E-state index is 4.09. The van der Waals surface area contributed by atoms with Crippen LogP contribution in [0.25, 0.3) is 66.4 Å². The number of para-hydroxylation sites is 4. The molecule has 0 saturated carbocycles. The van der Waals surface area contributed by atoms with Crippen molar-refractivity contribution in [1.82, 2.24) is 18.3 Å². The molecule has 5 heteroatoms. The zero-order valence-electron chi connectivity index (χ0n) is 23.1. The number of hydrogen-bond donors (Lipinski definition) is 0. The first-order valence-electron chi connectivity index (χ1n) is 14.4. The molecule has 0 bridgehead atoms. The van der Waals surface area contributed by atoms with Crippen LogP contribution in [0.4, 0.5) is 0 Å². The Bertz CT molecular complexity index is 2490. The minimum absolute atomic E-state index is 1.01. The Balaban J connectivity index is 1.51. The molecule has 4 aromatic heterocycles. The van der Waals surface area contributed by atoms with Gasteiger partial charge in [0.15, 0.2) is 0 Å². The Kier molecular flexibility index (Phi) is 5.31. The molecule has 5 aromatic carbocycles. The summed E-state index contributed by atoms with van der Waals surface area (Å²) >= 11 is 4.09. The fourth-order valence-corrected chi connectivity index (χ4v) is 7.20. The number of rotatable bonds is 4. The third kappa shape index (κ3) is 3.62. The molecule has 0 amide bonds. The van der Waals surface area contributed by atoms with Crippen molar-refractivity contribution in [2.24, 2.45) is 0 Å². The first-order chi connectivity index (χ1) is 21.3. The van der Waals surface area contributed by atoms with Crippen molar-refractivity contribution in [3.05, 3.63) is 157 Å². The van der Waals surface area contributed by atoms with Gasteiger partial charge in [0, 0.05) is 29.3 Å². The van der Waals surface area contributed by atoms with E-state index in [2.05, 4.69) is 186 Å². The standard InChI is InChI=1S/C38H25BrN4/c39-30-25-35(40-21-17-26-9-1-5-13-31(26)40)37(42-23-19-28-11-3-7-15-33(28)42)38(43-24-20-29-12-4-8-16-34(29)43)36(30)41-22-18-27-10-2-6-14-32(27)41/h1-25H. The van der Waals surface area contributed by atoms with E-state index in [4.69, 9.17) is 0 Å². The van der Waals surface area contributed by atoms with Gasteiger partial charge in [0.1, 0.15) is 0 Å². The van der Waals surface area contributed by atoms with Gasteiger partial charge in [0.25, 0.3) is 0 Å². The molecule has 9 rings (SSSR count). The number of halogens is 1. The highest BCUT2D eigenvalue weighted by Crippen LogP contribution is 2.42. The largest absolute Gasteiger partial charge is 0.314 e. The van der Waals surface area contributed by atoms with Crippen LogP contribution >= 0.6 is 15.9 Å². The highest BCUT2D eigenvalue weighted by atomic mass is 79.9. The molecule has 0 saturated heterocycles. The Morgan fingerprint density at radius 3 is 1.16 bits per heavy atom. The van der Waals surface area contributed by atoms with Crippen LogP contribution in [0.2, 0.25) is 0 Å². The van der Waals surface area contributed by atoms with Gasteiger partial charge in [0.2, 0.25) is 0 Å². The summed E-state index contributed by atoms with van der Waals surface area (Å²) in [4.78, 5) is 0. The lowest BCUT2D eigenvalue weighted by molar-refractivity contribution is 0.973. The van der Waals surface area contributed by atoms with Gasteiger partial charge in [0.05, 0.1) is 44.8 Å². The number of aromatic nitrogens is 4. The normalized spacial score (nSPS) is 11.8. The van der Waals surface area contributed by atoms with Crippen molar-refractivity contribution in [3.63, 3.8) is 0 Å². The highest BCUT2D eigenvalue weighted by Gasteiger charge is 2.25. The SMILES string of the molecule is Brc1cc(-n2ccc3ccccc32)c(-n2ccc3ccccc32)c(-n2ccc3ccccc32)c1-n1ccc2ccccc21. The lowest BCUT2D eigenvalue weighted by Crippen LogP contribution is -2.12. The summed E-state index contributed by atoms with van der Waals surface area (Å²) in [7, 11) is 0. The average molecular weight is 618 g/mol. The third-order valence-electron chi connectivity index (χ3n) is 8.56. The summed E-state index contributed by atoms with van der Waals surface area (Å²) in [6.45, 7) is 0. The van der Waals surface area contributed by atoms with Gasteiger partial charge in [-0.2, -0.15) is 0 Å². The second-order valence-corrected chi connectivity index (χ2v) is 11.8. The first-order valence-corrected chi connectivity index (χ1v) is 15.2. The second-order valence-electron chi connectivity index (χ2n) is 10.9. The zero-order chi connectivity index (χ0) is 28.5. The molecule has 4 heterocycles. The van der Waals surface area contributed by atoms with Crippen molar-refractivity contribution in [2.75, 3.05) is 0 Å². The molecule has 0 aliphatic carbocycles. The molecule has 0 spiro atoms. The summed E-state index contributed by atoms with van der Waals surface area (Å²) in [5, 5.41) is 4.80. The molecular weight excluding hydrogens is 592 g/mol. The minimum atomic E-state index is 1.01. The van der Waals surface area contributed by atoms with Gasteiger partial charge in [-0.25, -0.2) is 0 Å². The third-order valence-corrected chi connectivity index (χ3v) is 9.17. The van der Waals surface area contributed by atoms with Gasteiger partial charge >= 0.3 is 0 Å². The van der Waals surface area contributed by atoms with Crippen molar-refractivity contribution in [2.45, 2.75) is 0 Å². The lowest BCUT2D eigenvalue weighted by Gasteiger charge is -2.25. The van der Waals surface area contributed by atoms with E-state index in [9.17, 15) is 0 Å². The Labute approximate surface area is 256 Å². The van der Waals surface area contributed by atoms with E-state index in [0.717, 1.165) is 49.3 Å². The predicted octanol–water partition coefficient (Wildman–Crippen LogP) is 10.2. The second kappa shape index (κ2) is 9.38. The minimum Gasteiger partial charge on any atom is -0.314 e. The number of fused-ring (bicyclic) bond motifs is 4. The molecule has 204 valence electrons. The summed E-state index contributed by atoms with van der Waals surface area (Å²) in [5.41, 5.74) is 8.98. The molecular formula is C38H25BrN4. The van der Waals surface area contributed by atoms with Crippen molar-refractivity contribution in [3.8, 4) is 22.7 Å². The van der Waals surface area contributed by atoms with Gasteiger partial charge in [-0.1, -0.05) is 72.8 Å². The summed E-state index contributed by atoms with van der Waals surface area (Å²) in [6, 6.07) is 45.4. The predicted molar refractivity (Wildman–Crippen MR) is 181 cm³/mol. The van der Waals surface area contributed by atoms with E-state index in [-0.39, 0.29) is 0 Å². The molecule has 0 atom stereocenters. The van der Waals surface area contributed by atoms with Crippen molar-refractivity contribution in [1.29, 1.82) is 0 Å². The Morgan fingerprint density at radius 2 is 0.698 bits per heavy atom. The van der Waals surface area contributed by atoms with Gasteiger partial charge in [-0.15, -0.1) is 0 Å². The maximum absolute atomic E-state index is 4.09. The molecule has 0 radical (unpaired) electrons. The van der Waals surface area contributed by atoms with Crippen LogP contribution in [0.3, 0.4) is 0 Å². The van der Waals surface area contributed by atoms with Crippen LogP contribution < -0.4 is 0 Å². The van der Waals surface area contributed by atoms with Crippen LogP contribution in [-0.2, 0) is 0 Å². The fourth-order valence-electron chi connectivity index (χ4n) is 6.61. The van der Waals surface area contributed by atoms with Gasteiger partial charge in [-0.3, -0.25) is 0 Å². The number of benzene rings is 5. The van der Waals surface area contributed by atoms with E-state index < -0.39 is 0 Å². The molecule has 0 unspecified atom stereocenters. The van der Waals surface area contributed by atoms with E-state index in [0.29, 0.717) is 0 Å². The Morgan fingerprint density at radius 1 is 0.349 bits per heavy atom. The number of hydrogen-bond acceptors (Lipinski definition) is 0. The van der Waals surface area contributed by atoms with E-state index in [1.54, 1.807) is 0 Å². The molecule has 43 heavy (non-hydrogen) atoms.